The topological polar surface area (TPSA) is 22.1 Å². The van der Waals surface area contributed by atoms with Crippen LogP contribution in [0.1, 0.15) is 5.56 Å². The van der Waals surface area contributed by atoms with Crippen LogP contribution < -0.4 is 4.74 Å². The molecule has 1 heterocycles. The van der Waals surface area contributed by atoms with E-state index in [1.807, 2.05) is 0 Å². The van der Waals surface area contributed by atoms with Crippen LogP contribution in [-0.4, -0.2) is 11.3 Å². The first-order valence-corrected chi connectivity index (χ1v) is 5.30. The molecule has 0 amide bonds. The zero-order chi connectivity index (χ0) is 10.8. The summed E-state index contributed by atoms with van der Waals surface area (Å²) < 4.78 is 39.9. The highest BCUT2D eigenvalue weighted by atomic mass is 79.9. The van der Waals surface area contributed by atoms with Gasteiger partial charge >= 0.3 is 6.36 Å². The number of alkyl halides is 4. The Morgan fingerprint density at radius 1 is 1.43 bits per heavy atom. The van der Waals surface area contributed by atoms with Crippen LogP contribution in [0.4, 0.5) is 13.2 Å². The predicted molar refractivity (Wildman–Crippen MR) is 51.3 cm³/mol. The molecule has 0 radical (unpaired) electrons. The van der Waals surface area contributed by atoms with Crippen molar-refractivity contribution in [3.05, 3.63) is 22.3 Å². The van der Waals surface area contributed by atoms with Gasteiger partial charge in [-0.2, -0.15) is 0 Å². The molecule has 0 aliphatic carbocycles. The summed E-state index contributed by atoms with van der Waals surface area (Å²) >= 11 is 6.14. The van der Waals surface area contributed by atoms with Crippen LogP contribution in [-0.2, 0) is 5.33 Å². The van der Waals surface area contributed by atoms with Crippen LogP contribution >= 0.6 is 31.9 Å². The van der Waals surface area contributed by atoms with Gasteiger partial charge in [-0.3, -0.25) is 0 Å². The summed E-state index contributed by atoms with van der Waals surface area (Å²) in [7, 11) is 0. The van der Waals surface area contributed by atoms with Gasteiger partial charge in [-0.15, -0.1) is 13.2 Å². The fraction of sp³-hybridized carbons (Fsp3) is 0.286. The van der Waals surface area contributed by atoms with Crippen molar-refractivity contribution in [2.75, 3.05) is 0 Å². The number of rotatable bonds is 2. The summed E-state index contributed by atoms with van der Waals surface area (Å²) in [4.78, 5) is 3.52. The first-order valence-electron chi connectivity index (χ1n) is 3.38. The Labute approximate surface area is 94.7 Å². The number of halogens is 5. The third-order valence-corrected chi connectivity index (χ3v) is 2.29. The molecule has 0 saturated heterocycles. The van der Waals surface area contributed by atoms with Gasteiger partial charge in [0.1, 0.15) is 0 Å². The van der Waals surface area contributed by atoms with Gasteiger partial charge in [-0.05, 0) is 22.0 Å². The summed E-state index contributed by atoms with van der Waals surface area (Å²) in [6.07, 6.45) is -3.47. The van der Waals surface area contributed by atoms with Gasteiger partial charge in [0.15, 0.2) is 0 Å². The van der Waals surface area contributed by atoms with Gasteiger partial charge < -0.3 is 4.74 Å². The molecular weight excluding hydrogens is 331 g/mol. The molecule has 78 valence electrons. The molecule has 1 aromatic rings. The van der Waals surface area contributed by atoms with Crippen LogP contribution in [0.2, 0.25) is 0 Å². The highest BCUT2D eigenvalue weighted by Gasteiger charge is 2.32. The Morgan fingerprint density at radius 2 is 2.07 bits per heavy atom. The van der Waals surface area contributed by atoms with Crippen LogP contribution in [0, 0.1) is 0 Å². The molecule has 2 nitrogen and oxygen atoms in total. The van der Waals surface area contributed by atoms with Crippen molar-refractivity contribution in [1.29, 1.82) is 0 Å². The van der Waals surface area contributed by atoms with Gasteiger partial charge in [-0.25, -0.2) is 4.98 Å². The van der Waals surface area contributed by atoms with E-state index in [2.05, 4.69) is 41.6 Å². The Kier molecular flexibility index (Phi) is 3.77. The van der Waals surface area contributed by atoms with E-state index in [-0.39, 0.29) is 5.33 Å². The van der Waals surface area contributed by atoms with Gasteiger partial charge in [-0.1, -0.05) is 15.9 Å². The van der Waals surface area contributed by atoms with Crippen molar-refractivity contribution in [3.63, 3.8) is 0 Å². The summed E-state index contributed by atoms with van der Waals surface area (Å²) in [6, 6.07) is 1.50. The predicted octanol–water partition coefficient (Wildman–Crippen LogP) is 3.64. The Balaban J connectivity index is 2.97. The molecule has 14 heavy (non-hydrogen) atoms. The molecule has 0 aliphatic rings. The molecule has 1 aromatic heterocycles. The monoisotopic (exact) mass is 333 g/mol. The number of nitrogens with zero attached hydrogens (tertiary/aromatic N) is 1. The standard InChI is InChI=1S/C7H4Br2F3NO/c8-2-4-1-5(9)3-13-6(4)14-7(10,11)12/h1,3H,2H2. The van der Waals surface area contributed by atoms with E-state index in [0.29, 0.717) is 10.0 Å². The zero-order valence-electron chi connectivity index (χ0n) is 6.61. The molecule has 0 aromatic carbocycles. The second kappa shape index (κ2) is 4.48. The summed E-state index contributed by atoms with van der Waals surface area (Å²) in [5.74, 6) is -0.433. The van der Waals surface area contributed by atoms with Gasteiger partial charge in [0.2, 0.25) is 5.88 Å². The van der Waals surface area contributed by atoms with E-state index in [1.165, 1.54) is 12.3 Å². The summed E-state index contributed by atoms with van der Waals surface area (Å²) in [5.41, 5.74) is 0.330. The molecule has 0 unspecified atom stereocenters. The lowest BCUT2D eigenvalue weighted by Gasteiger charge is -2.10. The van der Waals surface area contributed by atoms with Crippen molar-refractivity contribution >= 4 is 31.9 Å². The zero-order valence-corrected chi connectivity index (χ0v) is 9.78. The van der Waals surface area contributed by atoms with Crippen molar-refractivity contribution in [3.8, 4) is 5.88 Å². The first-order chi connectivity index (χ1) is 6.42. The summed E-state index contributed by atoms with van der Waals surface area (Å²) in [5, 5.41) is 0.241. The fourth-order valence-electron chi connectivity index (χ4n) is 0.766. The average molecular weight is 335 g/mol. The van der Waals surface area contributed by atoms with Crippen molar-refractivity contribution in [2.24, 2.45) is 0 Å². The maximum atomic E-state index is 11.9. The van der Waals surface area contributed by atoms with Crippen molar-refractivity contribution < 1.29 is 17.9 Å². The van der Waals surface area contributed by atoms with E-state index in [1.54, 1.807) is 0 Å². The lowest BCUT2D eigenvalue weighted by Crippen LogP contribution is -2.18. The van der Waals surface area contributed by atoms with Gasteiger partial charge in [0.25, 0.3) is 0 Å². The molecule has 0 bridgehead atoms. The third-order valence-electron chi connectivity index (χ3n) is 1.25. The van der Waals surface area contributed by atoms with Crippen LogP contribution in [0.25, 0.3) is 0 Å². The Morgan fingerprint density at radius 3 is 2.57 bits per heavy atom. The minimum atomic E-state index is -4.71. The molecule has 0 N–H and O–H groups in total. The quantitative estimate of drug-likeness (QED) is 0.770. The third kappa shape index (κ3) is 3.45. The number of hydrogen-bond donors (Lipinski definition) is 0. The largest absolute Gasteiger partial charge is 0.574 e. The SMILES string of the molecule is FC(F)(F)Oc1ncc(Br)cc1CBr. The second-order valence-corrected chi connectivity index (χ2v) is 3.78. The van der Waals surface area contributed by atoms with E-state index in [0.717, 1.165) is 0 Å². The molecule has 0 saturated carbocycles. The number of hydrogen-bond acceptors (Lipinski definition) is 2. The number of pyridine rings is 1. The Bertz CT molecular complexity index is 329. The lowest BCUT2D eigenvalue weighted by molar-refractivity contribution is -0.276. The van der Waals surface area contributed by atoms with Crippen molar-refractivity contribution in [2.45, 2.75) is 11.7 Å². The fourth-order valence-corrected chi connectivity index (χ4v) is 1.55. The van der Waals surface area contributed by atoms with Crippen LogP contribution in [0.5, 0.6) is 5.88 Å². The highest BCUT2D eigenvalue weighted by Crippen LogP contribution is 2.27. The smallest absolute Gasteiger partial charge is 0.388 e. The number of aromatic nitrogens is 1. The highest BCUT2D eigenvalue weighted by molar-refractivity contribution is 9.10. The van der Waals surface area contributed by atoms with E-state index >= 15 is 0 Å². The lowest BCUT2D eigenvalue weighted by atomic mass is 10.3. The average Bonchev–Trinajstić information content (AvgIpc) is 2.06. The van der Waals surface area contributed by atoms with E-state index in [9.17, 15) is 13.2 Å². The molecule has 0 aliphatic heterocycles. The molecule has 7 heteroatoms. The Hall–Kier alpha value is -0.300. The molecule has 1 rings (SSSR count). The normalized spacial score (nSPS) is 11.5. The minimum Gasteiger partial charge on any atom is -0.388 e. The van der Waals surface area contributed by atoms with Gasteiger partial charge in [0, 0.05) is 21.6 Å². The van der Waals surface area contributed by atoms with E-state index in [4.69, 9.17) is 0 Å². The van der Waals surface area contributed by atoms with E-state index < -0.39 is 12.2 Å². The molecule has 0 fully saturated rings. The number of ether oxygens (including phenoxy) is 1. The molecule has 0 atom stereocenters. The molecular formula is C7H4Br2F3NO. The molecule has 0 spiro atoms. The first kappa shape index (κ1) is 11.8. The van der Waals surface area contributed by atoms with Gasteiger partial charge in [0.05, 0.1) is 0 Å². The van der Waals surface area contributed by atoms with Crippen molar-refractivity contribution in [1.82, 2.24) is 4.98 Å². The second-order valence-electron chi connectivity index (χ2n) is 2.30. The maximum absolute atomic E-state index is 11.9. The minimum absolute atomic E-state index is 0.241. The maximum Gasteiger partial charge on any atom is 0.574 e. The summed E-state index contributed by atoms with van der Waals surface area (Å²) in [6.45, 7) is 0. The van der Waals surface area contributed by atoms with Crippen LogP contribution in [0.3, 0.4) is 0 Å². The van der Waals surface area contributed by atoms with Crippen LogP contribution in [0.15, 0.2) is 16.7 Å².